The number of nitro groups is 1. The van der Waals surface area contributed by atoms with Crippen LogP contribution in [0.2, 0.25) is 5.02 Å². The summed E-state index contributed by atoms with van der Waals surface area (Å²) in [5.74, 6) is -1.17. The Kier molecular flexibility index (Phi) is 5.24. The van der Waals surface area contributed by atoms with E-state index >= 15 is 0 Å². The molecule has 1 N–H and O–H groups in total. The number of hydrogen-bond acceptors (Lipinski definition) is 4. The number of carbonyl (C=O) groups is 1. The minimum absolute atomic E-state index is 0.0427. The van der Waals surface area contributed by atoms with Gasteiger partial charge < -0.3 is 5.11 Å². The molecule has 0 saturated carbocycles. The van der Waals surface area contributed by atoms with Crippen molar-refractivity contribution in [1.82, 2.24) is 0 Å². The first-order chi connectivity index (χ1) is 8.40. The van der Waals surface area contributed by atoms with E-state index in [1.807, 2.05) is 0 Å². The van der Waals surface area contributed by atoms with Gasteiger partial charge in [0.25, 0.3) is 5.69 Å². The van der Waals surface area contributed by atoms with Crippen LogP contribution in [0, 0.1) is 10.1 Å². The quantitative estimate of drug-likeness (QED) is 0.638. The molecule has 0 aromatic heterocycles. The van der Waals surface area contributed by atoms with E-state index in [1.165, 1.54) is 18.2 Å². The molecule has 6 nitrogen and oxygen atoms in total. The molecule has 98 valence electrons. The van der Waals surface area contributed by atoms with Gasteiger partial charge in [0.1, 0.15) is 0 Å². The first-order valence-corrected chi connectivity index (χ1v) is 6.76. The van der Waals surface area contributed by atoms with Crippen molar-refractivity contribution in [2.75, 3.05) is 5.75 Å². The van der Waals surface area contributed by atoms with E-state index in [2.05, 4.69) is 0 Å². The number of hydrogen-bond donors (Lipinski definition) is 1. The number of carboxylic acids is 1. The summed E-state index contributed by atoms with van der Waals surface area (Å²) in [6.07, 6.45) is -0.235. The van der Waals surface area contributed by atoms with Gasteiger partial charge in [-0.1, -0.05) is 11.6 Å². The van der Waals surface area contributed by atoms with E-state index in [-0.39, 0.29) is 29.2 Å². The average Bonchev–Trinajstić information content (AvgIpc) is 2.26. The van der Waals surface area contributed by atoms with Gasteiger partial charge in [0.15, 0.2) is 0 Å². The molecule has 0 aliphatic carbocycles. The summed E-state index contributed by atoms with van der Waals surface area (Å²) in [5.41, 5.74) is 0.0827. The molecule has 0 heterocycles. The van der Waals surface area contributed by atoms with Gasteiger partial charge in [-0.3, -0.25) is 19.1 Å². The van der Waals surface area contributed by atoms with Gasteiger partial charge in [-0.25, -0.2) is 0 Å². The Balaban J connectivity index is 2.82. The fourth-order valence-electron chi connectivity index (χ4n) is 1.29. The molecular formula is C10H10ClNO5S. The molecule has 1 unspecified atom stereocenters. The van der Waals surface area contributed by atoms with Crippen molar-refractivity contribution in [1.29, 1.82) is 0 Å². The van der Waals surface area contributed by atoms with Crippen LogP contribution in [0.4, 0.5) is 5.69 Å². The molecular weight excluding hydrogens is 282 g/mol. The van der Waals surface area contributed by atoms with Gasteiger partial charge in [0.2, 0.25) is 0 Å². The molecule has 1 atom stereocenters. The summed E-state index contributed by atoms with van der Waals surface area (Å²) >= 11 is 5.72. The maximum atomic E-state index is 11.6. The highest BCUT2D eigenvalue weighted by molar-refractivity contribution is 7.84. The summed E-state index contributed by atoms with van der Waals surface area (Å²) in [6, 6.07) is 3.99. The summed E-state index contributed by atoms with van der Waals surface area (Å²) in [5, 5.41) is 19.5. The highest BCUT2D eigenvalue weighted by atomic mass is 35.5. The van der Waals surface area contributed by atoms with Crippen molar-refractivity contribution in [3.05, 3.63) is 38.9 Å². The van der Waals surface area contributed by atoms with E-state index in [1.54, 1.807) is 0 Å². The molecule has 0 bridgehead atoms. The van der Waals surface area contributed by atoms with Crippen molar-refractivity contribution in [2.24, 2.45) is 0 Å². The molecule has 0 saturated heterocycles. The number of halogens is 1. The third-order valence-corrected chi connectivity index (χ3v) is 3.63. The maximum Gasteiger partial charge on any atom is 0.304 e. The molecule has 0 aliphatic rings. The van der Waals surface area contributed by atoms with E-state index in [0.29, 0.717) is 5.02 Å². The molecule has 0 amide bonds. The number of aliphatic carboxylic acids is 1. The Morgan fingerprint density at radius 2 is 2.17 bits per heavy atom. The molecule has 18 heavy (non-hydrogen) atoms. The second-order valence-corrected chi connectivity index (χ2v) is 5.48. The predicted octanol–water partition coefficient (Wildman–Crippen LogP) is 1.97. The fourth-order valence-corrected chi connectivity index (χ4v) is 2.61. The van der Waals surface area contributed by atoms with Crippen LogP contribution in [0.25, 0.3) is 0 Å². The van der Waals surface area contributed by atoms with Gasteiger partial charge in [0.05, 0.1) is 17.1 Å². The Morgan fingerprint density at radius 3 is 2.72 bits per heavy atom. The lowest BCUT2D eigenvalue weighted by Crippen LogP contribution is -2.07. The number of benzene rings is 1. The molecule has 1 aromatic rings. The molecule has 1 rings (SSSR count). The summed E-state index contributed by atoms with van der Waals surface area (Å²) in [6.45, 7) is 0. The highest BCUT2D eigenvalue weighted by Crippen LogP contribution is 2.24. The number of rotatable bonds is 6. The molecule has 1 aromatic carbocycles. The van der Waals surface area contributed by atoms with Crippen molar-refractivity contribution >= 4 is 34.1 Å². The Bertz CT molecular complexity index is 505. The Labute approximate surface area is 110 Å². The topological polar surface area (TPSA) is 97.5 Å². The highest BCUT2D eigenvalue weighted by Gasteiger charge is 2.16. The first kappa shape index (κ1) is 14.6. The maximum absolute atomic E-state index is 11.6. The van der Waals surface area contributed by atoms with Crippen LogP contribution in [0.1, 0.15) is 12.0 Å². The van der Waals surface area contributed by atoms with Crippen LogP contribution in [0.5, 0.6) is 0 Å². The zero-order chi connectivity index (χ0) is 13.7. The second-order valence-electron chi connectivity index (χ2n) is 3.46. The van der Waals surface area contributed by atoms with Crippen LogP contribution in [-0.4, -0.2) is 26.0 Å². The minimum Gasteiger partial charge on any atom is -0.481 e. The number of nitrogens with zero attached hydrogens (tertiary/aromatic N) is 1. The van der Waals surface area contributed by atoms with Gasteiger partial charge in [-0.15, -0.1) is 0 Å². The number of carboxylic acid groups (broad SMARTS) is 1. The van der Waals surface area contributed by atoms with Crippen LogP contribution >= 0.6 is 11.6 Å². The molecule has 0 fully saturated rings. The van der Waals surface area contributed by atoms with Crippen molar-refractivity contribution < 1.29 is 19.0 Å². The minimum atomic E-state index is -1.47. The standard InChI is InChI=1S/C10H10ClNO5S/c11-8-1-2-9(12(15)16)7(5-8)6-18(17)4-3-10(13)14/h1-2,5H,3-4,6H2,(H,13,14). The van der Waals surface area contributed by atoms with Gasteiger partial charge in [-0.05, 0) is 12.1 Å². The molecule has 0 radical (unpaired) electrons. The van der Waals surface area contributed by atoms with Gasteiger partial charge >= 0.3 is 5.97 Å². The smallest absolute Gasteiger partial charge is 0.304 e. The fraction of sp³-hybridized carbons (Fsp3) is 0.300. The van der Waals surface area contributed by atoms with E-state index in [0.717, 1.165) is 0 Å². The largest absolute Gasteiger partial charge is 0.481 e. The first-order valence-electron chi connectivity index (χ1n) is 4.89. The van der Waals surface area contributed by atoms with Crippen LogP contribution in [-0.2, 0) is 21.3 Å². The normalized spacial score (nSPS) is 12.1. The van der Waals surface area contributed by atoms with Crippen molar-refractivity contribution in [3.63, 3.8) is 0 Å². The predicted molar refractivity (Wildman–Crippen MR) is 67.1 cm³/mol. The zero-order valence-corrected chi connectivity index (χ0v) is 10.7. The van der Waals surface area contributed by atoms with Crippen LogP contribution in [0.15, 0.2) is 18.2 Å². The zero-order valence-electron chi connectivity index (χ0n) is 9.17. The van der Waals surface area contributed by atoms with Gasteiger partial charge in [-0.2, -0.15) is 0 Å². The summed E-state index contributed by atoms with van der Waals surface area (Å²) in [7, 11) is -1.47. The lowest BCUT2D eigenvalue weighted by atomic mass is 10.2. The summed E-state index contributed by atoms with van der Waals surface area (Å²) in [4.78, 5) is 20.5. The average molecular weight is 292 g/mol. The molecule has 0 spiro atoms. The SMILES string of the molecule is O=C(O)CCS(=O)Cc1cc(Cl)ccc1[N+](=O)[O-]. The van der Waals surface area contributed by atoms with Crippen LogP contribution < -0.4 is 0 Å². The molecule has 0 aliphatic heterocycles. The van der Waals surface area contributed by atoms with E-state index < -0.39 is 21.7 Å². The van der Waals surface area contributed by atoms with Crippen molar-refractivity contribution in [3.8, 4) is 0 Å². The molecule has 8 heteroatoms. The van der Waals surface area contributed by atoms with E-state index in [9.17, 15) is 19.1 Å². The summed E-state index contributed by atoms with van der Waals surface area (Å²) < 4.78 is 11.6. The van der Waals surface area contributed by atoms with Crippen molar-refractivity contribution in [2.45, 2.75) is 12.2 Å². The van der Waals surface area contributed by atoms with E-state index in [4.69, 9.17) is 16.7 Å². The monoisotopic (exact) mass is 291 g/mol. The number of nitro benzene ring substituents is 1. The third-order valence-electron chi connectivity index (χ3n) is 2.10. The van der Waals surface area contributed by atoms with Crippen LogP contribution in [0.3, 0.4) is 0 Å². The Hall–Kier alpha value is -1.47. The Morgan fingerprint density at radius 1 is 1.50 bits per heavy atom. The lowest BCUT2D eigenvalue weighted by molar-refractivity contribution is -0.385. The lowest BCUT2D eigenvalue weighted by Gasteiger charge is -2.03. The second kappa shape index (κ2) is 6.46. The third kappa shape index (κ3) is 4.42. The van der Waals surface area contributed by atoms with Gasteiger partial charge in [0, 0.05) is 33.2 Å².